The van der Waals surface area contributed by atoms with Gasteiger partial charge in [-0.15, -0.1) is 0 Å². The maximum absolute atomic E-state index is 12.2. The molecule has 1 aliphatic heterocycles. The van der Waals surface area contributed by atoms with E-state index in [0.29, 0.717) is 5.69 Å². The number of nitrogens with two attached hydrogens (primary N) is 1. The third kappa shape index (κ3) is 6.10. The lowest BCUT2D eigenvalue weighted by molar-refractivity contribution is -0.114. The molecule has 178 valence electrons. The van der Waals surface area contributed by atoms with E-state index in [2.05, 4.69) is 45.5 Å². The first kappa shape index (κ1) is 24.7. The molecule has 2 aromatic carbocycles. The minimum absolute atomic E-state index is 0.0803. The number of carbonyl (C=O) groups is 1. The highest BCUT2D eigenvalue weighted by molar-refractivity contribution is 6.05. The van der Waals surface area contributed by atoms with Crippen molar-refractivity contribution in [3.8, 4) is 5.75 Å². The van der Waals surface area contributed by atoms with Crippen molar-refractivity contribution in [2.45, 2.75) is 26.1 Å². The number of benzene rings is 2. The van der Waals surface area contributed by atoms with Crippen LogP contribution < -0.4 is 21.1 Å². The van der Waals surface area contributed by atoms with Gasteiger partial charge in [-0.05, 0) is 62.8 Å². The number of carbonyl (C=O) groups excluding carboxylic acids is 1. The van der Waals surface area contributed by atoms with Gasteiger partial charge >= 0.3 is 0 Å². The lowest BCUT2D eigenvalue weighted by Crippen LogP contribution is -2.46. The highest BCUT2D eigenvalue weighted by Crippen LogP contribution is 2.33. The van der Waals surface area contributed by atoms with Crippen molar-refractivity contribution >= 4 is 34.3 Å². The highest BCUT2D eigenvalue weighted by Gasteiger charge is 2.23. The fraction of sp³-hybridized carbons (Fsp3) is 0.440. The molecular weight excluding hydrogens is 416 g/mol. The summed E-state index contributed by atoms with van der Waals surface area (Å²) in [5, 5.41) is 8.16. The first-order valence-electron chi connectivity index (χ1n) is 11.5. The van der Waals surface area contributed by atoms with E-state index in [1.165, 1.54) is 12.8 Å². The molecule has 0 aromatic heterocycles. The van der Waals surface area contributed by atoms with Crippen molar-refractivity contribution in [3.05, 3.63) is 42.0 Å². The summed E-state index contributed by atoms with van der Waals surface area (Å²) in [6, 6.07) is 10.00. The Balaban J connectivity index is 1.99. The average Bonchev–Trinajstić information content (AvgIpc) is 2.85. The Bertz CT molecular complexity index is 1020. The van der Waals surface area contributed by atoms with Gasteiger partial charge in [-0.3, -0.25) is 15.1 Å². The third-order valence-electron chi connectivity index (χ3n) is 5.86. The standard InChI is InChI=1S/C25H36N6O2/c1-5-6-11-30(3)12-13-31-23(9-10-28-25(31)27-2)19-14-18-7-8-20(33-4)16-21(18)22(15-19)29-24(32)17-26/h7-10,14-16,25,27H,5-6,11-13,17,26H2,1-4H3,(H,29,32). The van der Waals surface area contributed by atoms with E-state index >= 15 is 0 Å². The largest absolute Gasteiger partial charge is 0.497 e. The van der Waals surface area contributed by atoms with E-state index in [9.17, 15) is 4.79 Å². The van der Waals surface area contributed by atoms with Gasteiger partial charge in [0.05, 0.1) is 13.7 Å². The lowest BCUT2D eigenvalue weighted by Gasteiger charge is -2.36. The van der Waals surface area contributed by atoms with E-state index in [4.69, 9.17) is 10.5 Å². The summed E-state index contributed by atoms with van der Waals surface area (Å²) in [5.74, 6) is 0.493. The van der Waals surface area contributed by atoms with E-state index < -0.39 is 0 Å². The van der Waals surface area contributed by atoms with Gasteiger partial charge in [0.25, 0.3) is 0 Å². The van der Waals surface area contributed by atoms with Crippen LogP contribution in [0.2, 0.25) is 0 Å². The predicted molar refractivity (Wildman–Crippen MR) is 137 cm³/mol. The van der Waals surface area contributed by atoms with Crippen LogP contribution >= 0.6 is 0 Å². The summed E-state index contributed by atoms with van der Waals surface area (Å²) in [5.41, 5.74) is 8.34. The summed E-state index contributed by atoms with van der Waals surface area (Å²) in [6.07, 6.45) is 6.08. The first-order valence-corrected chi connectivity index (χ1v) is 11.5. The number of aliphatic imine (C=N–C) groups is 1. The van der Waals surface area contributed by atoms with Crippen molar-refractivity contribution in [1.82, 2.24) is 15.1 Å². The zero-order valence-corrected chi connectivity index (χ0v) is 20.1. The monoisotopic (exact) mass is 452 g/mol. The number of likely N-dealkylation sites (N-methyl/N-ethyl adjacent to an activating group) is 1. The van der Waals surface area contributed by atoms with Gasteiger partial charge < -0.3 is 25.6 Å². The van der Waals surface area contributed by atoms with Crippen LogP contribution in [0.4, 0.5) is 5.69 Å². The lowest BCUT2D eigenvalue weighted by atomic mass is 10.0. The van der Waals surface area contributed by atoms with Crippen LogP contribution in [0.3, 0.4) is 0 Å². The van der Waals surface area contributed by atoms with Crippen molar-refractivity contribution in [1.29, 1.82) is 0 Å². The topological polar surface area (TPSA) is 95.2 Å². The minimum Gasteiger partial charge on any atom is -0.497 e. The van der Waals surface area contributed by atoms with Gasteiger partial charge in [0.1, 0.15) is 5.75 Å². The molecule has 0 saturated carbocycles. The molecule has 1 unspecified atom stereocenters. The molecule has 1 amide bonds. The normalized spacial score (nSPS) is 15.8. The quantitative estimate of drug-likeness (QED) is 0.485. The van der Waals surface area contributed by atoms with Crippen LogP contribution in [-0.4, -0.2) is 75.6 Å². The van der Waals surface area contributed by atoms with E-state index in [1.54, 1.807) is 7.11 Å². The molecule has 1 atom stereocenters. The number of unbranched alkanes of at least 4 members (excludes halogenated alkanes) is 1. The number of hydrogen-bond donors (Lipinski definition) is 3. The number of methoxy groups -OCH3 is 1. The maximum Gasteiger partial charge on any atom is 0.238 e. The second kappa shape index (κ2) is 11.8. The Kier molecular flexibility index (Phi) is 8.82. The summed E-state index contributed by atoms with van der Waals surface area (Å²) in [4.78, 5) is 21.4. The zero-order valence-electron chi connectivity index (χ0n) is 20.1. The molecule has 0 aliphatic carbocycles. The van der Waals surface area contributed by atoms with Crippen LogP contribution in [0.1, 0.15) is 25.3 Å². The molecule has 1 aliphatic rings. The maximum atomic E-state index is 12.2. The Hall–Kier alpha value is -2.94. The van der Waals surface area contributed by atoms with E-state index in [-0.39, 0.29) is 18.7 Å². The molecule has 1 heterocycles. The van der Waals surface area contributed by atoms with Crippen molar-refractivity contribution in [3.63, 3.8) is 0 Å². The zero-order chi connectivity index (χ0) is 23.8. The molecule has 4 N–H and O–H groups in total. The number of rotatable bonds is 11. The molecule has 8 nitrogen and oxygen atoms in total. The summed E-state index contributed by atoms with van der Waals surface area (Å²) >= 11 is 0. The number of nitrogens with zero attached hydrogens (tertiary/aromatic N) is 3. The van der Waals surface area contributed by atoms with Crippen LogP contribution in [0.15, 0.2) is 41.4 Å². The van der Waals surface area contributed by atoms with Gasteiger partial charge in [0, 0.05) is 41.6 Å². The number of ether oxygens (including phenoxy) is 1. The van der Waals surface area contributed by atoms with E-state index in [1.807, 2.05) is 43.6 Å². The molecular formula is C25H36N6O2. The fourth-order valence-electron chi connectivity index (χ4n) is 3.97. The second-order valence-electron chi connectivity index (χ2n) is 8.23. The predicted octanol–water partition coefficient (Wildman–Crippen LogP) is 2.71. The number of nitrogens with one attached hydrogen (secondary N) is 2. The molecule has 8 heteroatoms. The summed E-state index contributed by atoms with van der Waals surface area (Å²) < 4.78 is 5.40. The highest BCUT2D eigenvalue weighted by atomic mass is 16.5. The first-order chi connectivity index (χ1) is 16.0. The average molecular weight is 453 g/mol. The summed E-state index contributed by atoms with van der Waals surface area (Å²) in [6.45, 7) is 4.95. The number of allylic oxidation sites excluding steroid dienone is 1. The van der Waals surface area contributed by atoms with Gasteiger partial charge in [-0.2, -0.15) is 0 Å². The number of anilines is 1. The Morgan fingerprint density at radius 3 is 2.79 bits per heavy atom. The third-order valence-corrected chi connectivity index (χ3v) is 5.86. The molecule has 0 spiro atoms. The van der Waals surface area contributed by atoms with Gasteiger partial charge in [0.15, 0.2) is 6.29 Å². The molecule has 3 rings (SSSR count). The number of hydrogen-bond acceptors (Lipinski definition) is 7. The Labute approximate surface area is 196 Å². The van der Waals surface area contributed by atoms with E-state index in [0.717, 1.165) is 47.4 Å². The van der Waals surface area contributed by atoms with Crippen LogP contribution in [-0.2, 0) is 4.79 Å². The minimum atomic E-state index is -0.238. The SMILES string of the molecule is CCCCN(C)CCN1C(c2cc(NC(=O)CN)c3cc(OC)ccc3c2)=CC=NC1NC. The number of fused-ring (bicyclic) bond motifs is 1. The van der Waals surface area contributed by atoms with Crippen LogP contribution in [0, 0.1) is 0 Å². The van der Waals surface area contributed by atoms with Crippen molar-refractivity contribution in [2.24, 2.45) is 10.7 Å². The second-order valence-corrected chi connectivity index (χ2v) is 8.23. The van der Waals surface area contributed by atoms with Gasteiger partial charge in [-0.25, -0.2) is 0 Å². The van der Waals surface area contributed by atoms with Crippen molar-refractivity contribution in [2.75, 3.05) is 52.7 Å². The molecule has 0 fully saturated rings. The Morgan fingerprint density at radius 2 is 2.09 bits per heavy atom. The smallest absolute Gasteiger partial charge is 0.238 e. The van der Waals surface area contributed by atoms with Crippen LogP contribution in [0.25, 0.3) is 16.5 Å². The molecule has 2 aromatic rings. The number of amides is 1. The van der Waals surface area contributed by atoms with Gasteiger partial charge in [0.2, 0.25) is 5.91 Å². The van der Waals surface area contributed by atoms with Crippen LogP contribution in [0.5, 0.6) is 5.75 Å². The van der Waals surface area contributed by atoms with Gasteiger partial charge in [-0.1, -0.05) is 19.4 Å². The Morgan fingerprint density at radius 1 is 1.27 bits per heavy atom. The molecule has 0 bridgehead atoms. The molecule has 33 heavy (non-hydrogen) atoms. The summed E-state index contributed by atoms with van der Waals surface area (Å²) in [7, 11) is 5.70. The van der Waals surface area contributed by atoms with Crippen molar-refractivity contribution < 1.29 is 9.53 Å². The molecule has 0 saturated heterocycles. The molecule has 0 radical (unpaired) electrons. The fourth-order valence-corrected chi connectivity index (χ4v) is 3.97.